The number of hydrogen-bond donors (Lipinski definition) is 1. The van der Waals surface area contributed by atoms with Gasteiger partial charge in [0.05, 0.1) is 5.60 Å². The highest BCUT2D eigenvalue weighted by Crippen LogP contribution is 2.40. The van der Waals surface area contributed by atoms with Crippen LogP contribution in [0.5, 0.6) is 0 Å². The summed E-state index contributed by atoms with van der Waals surface area (Å²) in [5, 5.41) is 4.05. The van der Waals surface area contributed by atoms with Crippen molar-refractivity contribution < 1.29 is 4.74 Å². The second-order valence-electron chi connectivity index (χ2n) is 7.59. The van der Waals surface area contributed by atoms with Gasteiger partial charge in [-0.25, -0.2) is 0 Å². The van der Waals surface area contributed by atoms with Crippen molar-refractivity contribution in [3.8, 4) is 0 Å². The molecule has 0 aromatic rings. The minimum absolute atomic E-state index is 0.265. The Kier molecular flexibility index (Phi) is 3.78. The Balaban J connectivity index is 1.36. The first-order valence-electron chi connectivity index (χ1n) is 8.99. The van der Waals surface area contributed by atoms with Crippen LogP contribution in [0.3, 0.4) is 0 Å². The third-order valence-electron chi connectivity index (χ3n) is 6.31. The van der Waals surface area contributed by atoms with E-state index in [0.29, 0.717) is 6.04 Å². The summed E-state index contributed by atoms with van der Waals surface area (Å²) in [4.78, 5) is 2.74. The van der Waals surface area contributed by atoms with E-state index in [-0.39, 0.29) is 5.60 Å². The van der Waals surface area contributed by atoms with Crippen LogP contribution in [-0.2, 0) is 4.74 Å². The van der Waals surface area contributed by atoms with Gasteiger partial charge in [-0.1, -0.05) is 19.3 Å². The van der Waals surface area contributed by atoms with E-state index in [9.17, 15) is 0 Å². The van der Waals surface area contributed by atoms with Crippen molar-refractivity contribution >= 4 is 0 Å². The summed E-state index contributed by atoms with van der Waals surface area (Å²) < 4.78 is 6.18. The lowest BCUT2D eigenvalue weighted by Crippen LogP contribution is -2.52. The lowest BCUT2D eigenvalue weighted by atomic mass is 9.88. The van der Waals surface area contributed by atoms with Crippen LogP contribution >= 0.6 is 0 Å². The van der Waals surface area contributed by atoms with Gasteiger partial charge in [-0.2, -0.15) is 0 Å². The number of piperidine rings is 1. The molecule has 3 nitrogen and oxygen atoms in total. The van der Waals surface area contributed by atoms with E-state index in [0.717, 1.165) is 18.7 Å². The fourth-order valence-electron chi connectivity index (χ4n) is 5.28. The zero-order valence-corrected chi connectivity index (χ0v) is 12.8. The van der Waals surface area contributed by atoms with E-state index in [4.69, 9.17) is 4.74 Å². The number of hydrogen-bond acceptors (Lipinski definition) is 3. The zero-order valence-electron chi connectivity index (χ0n) is 12.8. The first-order valence-corrected chi connectivity index (χ1v) is 8.99. The quantitative estimate of drug-likeness (QED) is 0.840. The average Bonchev–Trinajstić information content (AvgIpc) is 3.08. The van der Waals surface area contributed by atoms with E-state index in [1.807, 2.05) is 0 Å². The molecule has 3 heteroatoms. The molecule has 1 N–H and O–H groups in total. The van der Waals surface area contributed by atoms with Gasteiger partial charge in [-0.15, -0.1) is 0 Å². The van der Waals surface area contributed by atoms with Crippen LogP contribution in [-0.4, -0.2) is 48.3 Å². The van der Waals surface area contributed by atoms with Gasteiger partial charge < -0.3 is 10.1 Å². The molecule has 3 heterocycles. The van der Waals surface area contributed by atoms with Gasteiger partial charge in [0.1, 0.15) is 0 Å². The molecule has 0 aromatic carbocycles. The summed E-state index contributed by atoms with van der Waals surface area (Å²) >= 11 is 0. The minimum Gasteiger partial charge on any atom is -0.375 e. The zero-order chi connectivity index (χ0) is 13.4. The Morgan fingerprint density at radius 3 is 2.75 bits per heavy atom. The molecule has 4 aliphatic rings. The highest BCUT2D eigenvalue weighted by Gasteiger charge is 2.42. The van der Waals surface area contributed by atoms with Crippen molar-refractivity contribution in [2.24, 2.45) is 0 Å². The van der Waals surface area contributed by atoms with Gasteiger partial charge in [-0.3, -0.25) is 4.90 Å². The Morgan fingerprint density at radius 2 is 1.85 bits per heavy atom. The molecule has 0 radical (unpaired) electrons. The normalized spacial score (nSPS) is 41.1. The molecule has 0 aromatic heterocycles. The molecule has 3 aliphatic heterocycles. The molecule has 0 bridgehead atoms. The molecule has 0 amide bonds. The monoisotopic (exact) mass is 278 g/mol. The maximum atomic E-state index is 6.18. The molecule has 3 atom stereocenters. The molecule has 20 heavy (non-hydrogen) atoms. The van der Waals surface area contributed by atoms with Gasteiger partial charge in [0.2, 0.25) is 0 Å². The number of nitrogens with zero attached hydrogens (tertiary/aromatic N) is 1. The van der Waals surface area contributed by atoms with Crippen LogP contribution in [0.1, 0.15) is 64.2 Å². The van der Waals surface area contributed by atoms with E-state index < -0.39 is 0 Å². The summed E-state index contributed by atoms with van der Waals surface area (Å²) in [7, 11) is 0. The smallest absolute Gasteiger partial charge is 0.0697 e. The second kappa shape index (κ2) is 5.58. The molecule has 1 saturated carbocycles. The fourth-order valence-corrected chi connectivity index (χ4v) is 5.28. The maximum Gasteiger partial charge on any atom is 0.0697 e. The van der Waals surface area contributed by atoms with Crippen LogP contribution in [0.2, 0.25) is 0 Å². The third-order valence-corrected chi connectivity index (χ3v) is 6.31. The second-order valence-corrected chi connectivity index (χ2v) is 7.59. The summed E-state index contributed by atoms with van der Waals surface area (Å²) in [6, 6.07) is 2.32. The fraction of sp³-hybridized carbons (Fsp3) is 1.00. The van der Waals surface area contributed by atoms with E-state index >= 15 is 0 Å². The average molecular weight is 278 g/mol. The summed E-state index contributed by atoms with van der Waals surface area (Å²) in [5.74, 6) is 0. The maximum absolute atomic E-state index is 6.18. The molecule has 1 spiro atoms. The Labute approximate surface area is 123 Å². The largest absolute Gasteiger partial charge is 0.375 e. The van der Waals surface area contributed by atoms with Crippen LogP contribution in [0.15, 0.2) is 0 Å². The van der Waals surface area contributed by atoms with Crippen LogP contribution in [0.25, 0.3) is 0 Å². The Morgan fingerprint density at radius 1 is 0.950 bits per heavy atom. The van der Waals surface area contributed by atoms with Crippen LogP contribution < -0.4 is 5.32 Å². The minimum atomic E-state index is 0.265. The standard InChI is InChI=1S/C17H30N2O/c1-4-10-19-11-6-15(16(19)5-1)18-14-7-12-20-17(13-14)8-2-3-9-17/h14-16,18H,1-13H2. The van der Waals surface area contributed by atoms with Crippen molar-refractivity contribution in [1.82, 2.24) is 10.2 Å². The van der Waals surface area contributed by atoms with Gasteiger partial charge in [0.15, 0.2) is 0 Å². The predicted molar refractivity (Wildman–Crippen MR) is 80.9 cm³/mol. The third kappa shape index (κ3) is 2.53. The summed E-state index contributed by atoms with van der Waals surface area (Å²) in [6.07, 6.45) is 13.5. The van der Waals surface area contributed by atoms with Crippen LogP contribution in [0.4, 0.5) is 0 Å². The van der Waals surface area contributed by atoms with E-state index in [1.165, 1.54) is 77.3 Å². The van der Waals surface area contributed by atoms with E-state index in [1.54, 1.807) is 0 Å². The predicted octanol–water partition coefficient (Wildman–Crippen LogP) is 2.69. The Hall–Kier alpha value is -0.120. The lowest BCUT2D eigenvalue weighted by Gasteiger charge is -2.41. The van der Waals surface area contributed by atoms with Gasteiger partial charge in [0, 0.05) is 31.3 Å². The van der Waals surface area contributed by atoms with Crippen LogP contribution in [0, 0.1) is 0 Å². The van der Waals surface area contributed by atoms with Crippen molar-refractivity contribution in [1.29, 1.82) is 0 Å². The molecule has 114 valence electrons. The van der Waals surface area contributed by atoms with Gasteiger partial charge in [0.25, 0.3) is 0 Å². The van der Waals surface area contributed by atoms with Gasteiger partial charge in [-0.05, 0) is 51.5 Å². The first kappa shape index (κ1) is 13.5. The topological polar surface area (TPSA) is 24.5 Å². The SMILES string of the molecule is C1CCN2CCC(NC3CCOC4(CCCC4)C3)C2C1. The number of fused-ring (bicyclic) bond motifs is 1. The molecule has 4 rings (SSSR count). The van der Waals surface area contributed by atoms with Crippen molar-refractivity contribution in [3.05, 3.63) is 0 Å². The highest BCUT2D eigenvalue weighted by molar-refractivity contribution is 4.99. The number of nitrogens with one attached hydrogen (secondary N) is 1. The van der Waals surface area contributed by atoms with Crippen molar-refractivity contribution in [2.75, 3.05) is 19.7 Å². The molecular formula is C17H30N2O. The summed E-state index contributed by atoms with van der Waals surface area (Å²) in [5.41, 5.74) is 0.265. The molecule has 3 unspecified atom stereocenters. The van der Waals surface area contributed by atoms with Crippen molar-refractivity contribution in [3.63, 3.8) is 0 Å². The Bertz CT molecular complexity index is 340. The molecule has 3 saturated heterocycles. The molecule has 1 aliphatic carbocycles. The van der Waals surface area contributed by atoms with Crippen molar-refractivity contribution in [2.45, 2.75) is 87.9 Å². The highest BCUT2D eigenvalue weighted by atomic mass is 16.5. The first-order chi connectivity index (χ1) is 9.85. The van der Waals surface area contributed by atoms with Gasteiger partial charge >= 0.3 is 0 Å². The lowest BCUT2D eigenvalue weighted by molar-refractivity contribution is -0.0851. The summed E-state index contributed by atoms with van der Waals surface area (Å²) in [6.45, 7) is 3.66. The number of ether oxygens (including phenoxy) is 1. The molecular weight excluding hydrogens is 248 g/mol. The molecule has 4 fully saturated rings. The van der Waals surface area contributed by atoms with E-state index in [2.05, 4.69) is 10.2 Å². The number of rotatable bonds is 2.